The number of likely N-dealkylation sites (tertiary alicyclic amines) is 1. The molecule has 3 amide bonds. The maximum absolute atomic E-state index is 14.2. The van der Waals surface area contributed by atoms with Crippen LogP contribution in [0, 0.1) is 11.7 Å². The van der Waals surface area contributed by atoms with Crippen LogP contribution in [0.15, 0.2) is 60.9 Å². The number of hydrogen-bond acceptors (Lipinski definition) is 5. The molecule has 5 rings (SSSR count). The lowest BCUT2D eigenvalue weighted by atomic mass is 9.89. The third kappa shape index (κ3) is 3.75. The molecule has 2 aromatic carbocycles. The van der Waals surface area contributed by atoms with Gasteiger partial charge in [0.05, 0.1) is 29.3 Å². The van der Waals surface area contributed by atoms with E-state index in [-0.39, 0.29) is 35.7 Å². The molecule has 2 atom stereocenters. The van der Waals surface area contributed by atoms with Gasteiger partial charge < -0.3 is 4.90 Å². The van der Waals surface area contributed by atoms with Gasteiger partial charge in [-0.05, 0) is 55.2 Å². The zero-order chi connectivity index (χ0) is 23.8. The summed E-state index contributed by atoms with van der Waals surface area (Å²) in [5.74, 6) is -1.23. The monoisotopic (exact) mass is 458 g/mol. The number of fused-ring (bicyclic) bond motifs is 1. The highest BCUT2D eigenvalue weighted by Gasteiger charge is 2.41. The molecule has 2 aliphatic heterocycles. The van der Waals surface area contributed by atoms with Gasteiger partial charge in [0.25, 0.3) is 17.7 Å². The van der Waals surface area contributed by atoms with Crippen molar-refractivity contribution in [3.05, 3.63) is 83.4 Å². The van der Waals surface area contributed by atoms with Crippen molar-refractivity contribution < 1.29 is 18.8 Å². The molecule has 1 saturated heterocycles. The summed E-state index contributed by atoms with van der Waals surface area (Å²) >= 11 is 0. The van der Waals surface area contributed by atoms with Crippen molar-refractivity contribution in [2.24, 2.45) is 5.92 Å². The number of piperidine rings is 1. The average molecular weight is 458 g/mol. The molecule has 2 unspecified atom stereocenters. The lowest BCUT2D eigenvalue weighted by Gasteiger charge is -2.41. The highest BCUT2D eigenvalue weighted by molar-refractivity contribution is 6.21. The lowest BCUT2D eigenvalue weighted by molar-refractivity contribution is 0.0369. The van der Waals surface area contributed by atoms with E-state index >= 15 is 0 Å². The summed E-state index contributed by atoms with van der Waals surface area (Å²) < 4.78 is 14.2. The first-order valence-corrected chi connectivity index (χ1v) is 11.3. The van der Waals surface area contributed by atoms with Crippen LogP contribution < -0.4 is 0 Å². The molecule has 7 nitrogen and oxygen atoms in total. The smallest absolute Gasteiger partial charge is 0.261 e. The number of nitrogens with zero attached hydrogens (tertiary/aromatic N) is 4. The van der Waals surface area contributed by atoms with Crippen LogP contribution in [0.3, 0.4) is 0 Å². The topological polar surface area (TPSA) is 83.5 Å². The zero-order valence-corrected chi connectivity index (χ0v) is 18.6. The SMILES string of the molecule is CC1CCCN(C(=O)c2cc(F)ccc2-c2ncccn2)C1CN1C(=O)c2ccccc2C1=O. The van der Waals surface area contributed by atoms with Crippen LogP contribution in [0.5, 0.6) is 0 Å². The van der Waals surface area contributed by atoms with Gasteiger partial charge >= 0.3 is 0 Å². The molecule has 3 heterocycles. The van der Waals surface area contributed by atoms with Gasteiger partial charge in [0.15, 0.2) is 5.82 Å². The number of hydrogen-bond donors (Lipinski definition) is 0. The summed E-state index contributed by atoms with van der Waals surface area (Å²) in [4.78, 5) is 51.0. The fourth-order valence-corrected chi connectivity index (χ4v) is 4.85. The molecule has 1 fully saturated rings. The van der Waals surface area contributed by atoms with E-state index < -0.39 is 11.9 Å². The lowest BCUT2D eigenvalue weighted by Crippen LogP contribution is -2.54. The Kier molecular flexibility index (Phi) is 5.65. The third-order valence-corrected chi connectivity index (χ3v) is 6.64. The van der Waals surface area contributed by atoms with E-state index in [1.807, 2.05) is 6.92 Å². The predicted molar refractivity (Wildman–Crippen MR) is 122 cm³/mol. The highest BCUT2D eigenvalue weighted by Crippen LogP contribution is 2.31. The molecule has 3 aromatic rings. The molecule has 0 saturated carbocycles. The molecule has 34 heavy (non-hydrogen) atoms. The Morgan fingerprint density at radius 1 is 1.00 bits per heavy atom. The van der Waals surface area contributed by atoms with Crippen LogP contribution in [-0.4, -0.2) is 56.6 Å². The molecule has 0 spiro atoms. The van der Waals surface area contributed by atoms with Gasteiger partial charge in [-0.25, -0.2) is 14.4 Å². The number of imide groups is 1. The number of amides is 3. The zero-order valence-electron chi connectivity index (χ0n) is 18.6. The first kappa shape index (κ1) is 21.9. The van der Waals surface area contributed by atoms with Gasteiger partial charge in [-0.3, -0.25) is 19.3 Å². The van der Waals surface area contributed by atoms with Crippen molar-refractivity contribution in [1.82, 2.24) is 19.8 Å². The molecular weight excluding hydrogens is 435 g/mol. The largest absolute Gasteiger partial charge is 0.334 e. The second-order valence-corrected chi connectivity index (χ2v) is 8.71. The van der Waals surface area contributed by atoms with Crippen LogP contribution >= 0.6 is 0 Å². The fraction of sp³-hybridized carbons (Fsp3) is 0.269. The summed E-state index contributed by atoms with van der Waals surface area (Å²) in [7, 11) is 0. The number of benzene rings is 2. The Morgan fingerprint density at radius 2 is 1.68 bits per heavy atom. The fourth-order valence-electron chi connectivity index (χ4n) is 4.85. The third-order valence-electron chi connectivity index (χ3n) is 6.64. The summed E-state index contributed by atoms with van der Waals surface area (Å²) in [5.41, 5.74) is 1.35. The summed E-state index contributed by atoms with van der Waals surface area (Å²) in [6.45, 7) is 2.55. The van der Waals surface area contributed by atoms with Crippen LogP contribution in [0.2, 0.25) is 0 Å². The minimum Gasteiger partial charge on any atom is -0.334 e. The Hall–Kier alpha value is -3.94. The van der Waals surface area contributed by atoms with Gasteiger partial charge in [0.1, 0.15) is 5.82 Å². The van der Waals surface area contributed by atoms with Crippen LogP contribution in [-0.2, 0) is 0 Å². The predicted octanol–water partition coefficient (Wildman–Crippen LogP) is 3.82. The highest BCUT2D eigenvalue weighted by atomic mass is 19.1. The minimum atomic E-state index is -0.537. The van der Waals surface area contributed by atoms with E-state index in [1.165, 1.54) is 23.1 Å². The molecule has 172 valence electrons. The van der Waals surface area contributed by atoms with Crippen molar-refractivity contribution in [2.75, 3.05) is 13.1 Å². The van der Waals surface area contributed by atoms with Gasteiger partial charge in [-0.15, -0.1) is 0 Å². The maximum Gasteiger partial charge on any atom is 0.261 e. The molecule has 0 radical (unpaired) electrons. The maximum atomic E-state index is 14.2. The van der Waals surface area contributed by atoms with E-state index in [2.05, 4.69) is 9.97 Å². The molecule has 1 aromatic heterocycles. The minimum absolute atomic E-state index is 0.0481. The van der Waals surface area contributed by atoms with E-state index in [9.17, 15) is 18.8 Å². The van der Waals surface area contributed by atoms with Crippen LogP contribution in [0.4, 0.5) is 4.39 Å². The normalized spacial score (nSPS) is 19.9. The van der Waals surface area contributed by atoms with E-state index in [1.54, 1.807) is 47.6 Å². The van der Waals surface area contributed by atoms with Crippen molar-refractivity contribution in [3.63, 3.8) is 0 Å². The Labute approximate surface area is 196 Å². The number of aromatic nitrogens is 2. The Morgan fingerprint density at radius 3 is 2.35 bits per heavy atom. The molecule has 0 bridgehead atoms. The summed E-state index contributed by atoms with van der Waals surface area (Å²) in [5, 5.41) is 0. The van der Waals surface area contributed by atoms with E-state index in [0.29, 0.717) is 29.1 Å². The van der Waals surface area contributed by atoms with Crippen LogP contribution in [0.1, 0.15) is 50.8 Å². The van der Waals surface area contributed by atoms with Gasteiger partial charge in [-0.1, -0.05) is 19.1 Å². The second-order valence-electron chi connectivity index (χ2n) is 8.71. The Bertz CT molecular complexity index is 1250. The van der Waals surface area contributed by atoms with Crippen molar-refractivity contribution >= 4 is 17.7 Å². The Balaban J connectivity index is 1.48. The number of rotatable bonds is 4. The molecule has 2 aliphatic rings. The van der Waals surface area contributed by atoms with Crippen molar-refractivity contribution in [3.8, 4) is 11.4 Å². The molecule has 0 aliphatic carbocycles. The van der Waals surface area contributed by atoms with Gasteiger partial charge in [0, 0.05) is 24.5 Å². The standard InChI is InChI=1S/C26H23FN4O3/c1-16-6-4-13-30(22(16)15-31-24(32)19-7-2-3-8-20(19)25(31)33)26(34)21-14-17(27)9-10-18(21)23-28-11-5-12-29-23/h2-3,5,7-12,14,16,22H,4,6,13,15H2,1H3. The van der Waals surface area contributed by atoms with Gasteiger partial charge in [-0.2, -0.15) is 0 Å². The summed E-state index contributed by atoms with van der Waals surface area (Å²) in [6, 6.07) is 12.0. The number of halogens is 1. The summed E-state index contributed by atoms with van der Waals surface area (Å²) in [6.07, 6.45) is 4.76. The second kappa shape index (κ2) is 8.78. The molecular formula is C26H23FN4O3. The first-order valence-electron chi connectivity index (χ1n) is 11.3. The van der Waals surface area contributed by atoms with Crippen molar-refractivity contribution in [1.29, 1.82) is 0 Å². The molecule has 8 heteroatoms. The molecule has 0 N–H and O–H groups in total. The number of carbonyl (C=O) groups is 3. The van der Waals surface area contributed by atoms with E-state index in [0.717, 1.165) is 12.8 Å². The quantitative estimate of drug-likeness (QED) is 0.555. The van der Waals surface area contributed by atoms with Crippen LogP contribution in [0.25, 0.3) is 11.4 Å². The van der Waals surface area contributed by atoms with E-state index in [4.69, 9.17) is 0 Å². The average Bonchev–Trinajstić information content (AvgIpc) is 3.10. The van der Waals surface area contributed by atoms with Crippen molar-refractivity contribution in [2.45, 2.75) is 25.8 Å². The first-order chi connectivity index (χ1) is 16.5. The number of carbonyl (C=O) groups excluding carboxylic acids is 3. The van der Waals surface area contributed by atoms with Gasteiger partial charge in [0.2, 0.25) is 0 Å².